The molecule has 1 rings (SSSR count). The van der Waals surface area contributed by atoms with E-state index >= 15 is 0 Å². The molecule has 0 saturated carbocycles. The van der Waals surface area contributed by atoms with Crippen LogP contribution in [0.4, 0.5) is 4.39 Å². The smallest absolute Gasteiger partial charge is 0.127 e. The Morgan fingerprint density at radius 1 is 1.28 bits per heavy atom. The van der Waals surface area contributed by atoms with Crippen molar-refractivity contribution in [3.05, 3.63) is 35.1 Å². The average molecular weight is 252 g/mol. The second-order valence-electron chi connectivity index (χ2n) is 4.86. The van der Waals surface area contributed by atoms with Gasteiger partial charge in [-0.05, 0) is 33.0 Å². The lowest BCUT2D eigenvalue weighted by Crippen LogP contribution is -2.38. The summed E-state index contributed by atoms with van der Waals surface area (Å²) in [6.07, 6.45) is 0. The molecule has 0 radical (unpaired) electrons. The van der Waals surface area contributed by atoms with E-state index in [1.807, 2.05) is 13.0 Å². The fraction of sp³-hybridized carbons (Fsp3) is 0.600. The highest BCUT2D eigenvalue weighted by Gasteiger charge is 2.08. The van der Waals surface area contributed by atoms with Crippen LogP contribution in [0.5, 0.6) is 0 Å². The first-order valence-corrected chi connectivity index (χ1v) is 6.77. The molecule has 1 unspecified atom stereocenters. The third kappa shape index (κ3) is 4.75. The third-order valence-electron chi connectivity index (χ3n) is 3.27. The number of likely N-dealkylation sites (N-methyl/N-ethyl adjacent to an activating group) is 1. The van der Waals surface area contributed by atoms with Crippen LogP contribution in [-0.4, -0.2) is 30.6 Å². The predicted molar refractivity (Wildman–Crippen MR) is 75.2 cm³/mol. The second kappa shape index (κ2) is 7.49. The number of hydrogen-bond acceptors (Lipinski definition) is 2. The minimum Gasteiger partial charge on any atom is -0.309 e. The number of rotatable bonds is 7. The molecule has 1 N–H and O–H groups in total. The lowest BCUT2D eigenvalue weighted by atomic mass is 10.1. The molecule has 1 atom stereocenters. The fourth-order valence-electron chi connectivity index (χ4n) is 2.06. The average Bonchev–Trinajstić information content (AvgIpc) is 2.37. The summed E-state index contributed by atoms with van der Waals surface area (Å²) in [5, 5.41) is 3.38. The van der Waals surface area contributed by atoms with E-state index in [9.17, 15) is 4.39 Å². The van der Waals surface area contributed by atoms with Gasteiger partial charge in [-0.2, -0.15) is 0 Å². The molecular formula is C15H25FN2. The van der Waals surface area contributed by atoms with Crippen LogP contribution in [0.15, 0.2) is 18.2 Å². The van der Waals surface area contributed by atoms with Crippen molar-refractivity contribution in [2.24, 2.45) is 0 Å². The van der Waals surface area contributed by atoms with Crippen molar-refractivity contribution in [1.29, 1.82) is 0 Å². The largest absolute Gasteiger partial charge is 0.309 e. The number of halogens is 1. The Bertz CT molecular complexity index is 362. The molecule has 0 aliphatic rings. The maximum absolute atomic E-state index is 13.6. The molecule has 1 aromatic rings. The second-order valence-corrected chi connectivity index (χ2v) is 4.86. The Kier molecular flexibility index (Phi) is 6.30. The molecule has 0 aliphatic heterocycles. The Hall–Kier alpha value is -0.930. The van der Waals surface area contributed by atoms with E-state index < -0.39 is 0 Å². The molecule has 3 heteroatoms. The van der Waals surface area contributed by atoms with Gasteiger partial charge < -0.3 is 10.2 Å². The Balaban J connectivity index is 2.46. The Morgan fingerprint density at radius 3 is 2.56 bits per heavy atom. The van der Waals surface area contributed by atoms with Crippen molar-refractivity contribution in [1.82, 2.24) is 10.2 Å². The number of nitrogens with one attached hydrogen (secondary N) is 1. The van der Waals surface area contributed by atoms with Gasteiger partial charge in [0.25, 0.3) is 0 Å². The quantitative estimate of drug-likeness (QED) is 0.802. The van der Waals surface area contributed by atoms with Gasteiger partial charge in [0.15, 0.2) is 0 Å². The third-order valence-corrected chi connectivity index (χ3v) is 3.27. The number of benzene rings is 1. The predicted octanol–water partition coefficient (Wildman–Crippen LogP) is 2.95. The summed E-state index contributed by atoms with van der Waals surface area (Å²) in [5.74, 6) is -0.122. The maximum Gasteiger partial charge on any atom is 0.127 e. The van der Waals surface area contributed by atoms with Crippen LogP contribution >= 0.6 is 0 Å². The van der Waals surface area contributed by atoms with Gasteiger partial charge in [0.05, 0.1) is 0 Å². The monoisotopic (exact) mass is 252 g/mol. The molecule has 2 nitrogen and oxygen atoms in total. The van der Waals surface area contributed by atoms with Crippen LogP contribution < -0.4 is 5.32 Å². The van der Waals surface area contributed by atoms with Gasteiger partial charge in [-0.15, -0.1) is 0 Å². The summed E-state index contributed by atoms with van der Waals surface area (Å²) in [4.78, 5) is 2.37. The van der Waals surface area contributed by atoms with Crippen molar-refractivity contribution in [2.45, 2.75) is 40.3 Å². The van der Waals surface area contributed by atoms with E-state index in [0.717, 1.165) is 30.8 Å². The fourth-order valence-corrected chi connectivity index (χ4v) is 2.06. The standard InChI is InChI=1S/C15H25FN2/c1-5-18(6-2)11-13(4)17-10-14-9-12(3)7-8-15(14)16/h7-9,13,17H,5-6,10-11H2,1-4H3. The summed E-state index contributed by atoms with van der Waals surface area (Å²) >= 11 is 0. The van der Waals surface area contributed by atoms with Crippen LogP contribution in [0.25, 0.3) is 0 Å². The summed E-state index contributed by atoms with van der Waals surface area (Å²) in [6.45, 7) is 12.2. The number of nitrogens with zero attached hydrogens (tertiary/aromatic N) is 1. The molecule has 102 valence electrons. The van der Waals surface area contributed by atoms with Gasteiger partial charge in [-0.25, -0.2) is 4.39 Å². The summed E-state index contributed by atoms with van der Waals surface area (Å²) < 4.78 is 13.6. The van der Waals surface area contributed by atoms with Gasteiger partial charge in [-0.1, -0.05) is 31.5 Å². The molecule has 0 bridgehead atoms. The number of hydrogen-bond donors (Lipinski definition) is 1. The molecule has 0 fully saturated rings. The first kappa shape index (κ1) is 15.1. The van der Waals surface area contributed by atoms with Crippen LogP contribution in [0, 0.1) is 12.7 Å². The van der Waals surface area contributed by atoms with Crippen molar-refractivity contribution >= 4 is 0 Å². The highest BCUT2D eigenvalue weighted by Crippen LogP contribution is 2.09. The molecule has 0 aromatic heterocycles. The van der Waals surface area contributed by atoms with Gasteiger partial charge in [0, 0.05) is 24.7 Å². The first-order valence-electron chi connectivity index (χ1n) is 6.77. The molecular weight excluding hydrogens is 227 g/mol. The summed E-state index contributed by atoms with van der Waals surface area (Å²) in [5.41, 5.74) is 1.85. The van der Waals surface area contributed by atoms with Crippen LogP contribution in [0.1, 0.15) is 31.9 Å². The Labute approximate surface area is 110 Å². The van der Waals surface area contributed by atoms with Gasteiger partial charge in [0.1, 0.15) is 5.82 Å². The van der Waals surface area contributed by atoms with E-state index in [-0.39, 0.29) is 5.82 Å². The topological polar surface area (TPSA) is 15.3 Å². The van der Waals surface area contributed by atoms with Crippen LogP contribution in [0.2, 0.25) is 0 Å². The SMILES string of the molecule is CCN(CC)CC(C)NCc1cc(C)ccc1F. The van der Waals surface area contributed by atoms with E-state index in [2.05, 4.69) is 31.0 Å². The zero-order valence-corrected chi connectivity index (χ0v) is 12.0. The van der Waals surface area contributed by atoms with Gasteiger partial charge >= 0.3 is 0 Å². The molecule has 18 heavy (non-hydrogen) atoms. The summed E-state index contributed by atoms with van der Waals surface area (Å²) in [6, 6.07) is 5.62. The van der Waals surface area contributed by atoms with Crippen molar-refractivity contribution in [3.63, 3.8) is 0 Å². The van der Waals surface area contributed by atoms with Crippen LogP contribution in [-0.2, 0) is 6.54 Å². The molecule has 0 amide bonds. The normalized spacial score (nSPS) is 13.0. The number of aryl methyl sites for hydroxylation is 1. The Morgan fingerprint density at radius 2 is 1.94 bits per heavy atom. The van der Waals surface area contributed by atoms with Crippen molar-refractivity contribution in [3.8, 4) is 0 Å². The highest BCUT2D eigenvalue weighted by atomic mass is 19.1. The molecule has 1 aromatic carbocycles. The molecule has 0 heterocycles. The van der Waals surface area contributed by atoms with E-state index in [1.165, 1.54) is 0 Å². The van der Waals surface area contributed by atoms with Gasteiger partial charge in [-0.3, -0.25) is 0 Å². The maximum atomic E-state index is 13.6. The molecule has 0 aliphatic carbocycles. The molecule has 0 saturated heterocycles. The zero-order chi connectivity index (χ0) is 13.5. The van der Waals surface area contributed by atoms with E-state index in [1.54, 1.807) is 12.1 Å². The van der Waals surface area contributed by atoms with E-state index in [4.69, 9.17) is 0 Å². The zero-order valence-electron chi connectivity index (χ0n) is 12.0. The van der Waals surface area contributed by atoms with Gasteiger partial charge in [0.2, 0.25) is 0 Å². The minimum absolute atomic E-state index is 0.122. The molecule has 0 spiro atoms. The van der Waals surface area contributed by atoms with Crippen LogP contribution in [0.3, 0.4) is 0 Å². The highest BCUT2D eigenvalue weighted by molar-refractivity contribution is 5.23. The minimum atomic E-state index is -0.122. The van der Waals surface area contributed by atoms with Crippen molar-refractivity contribution in [2.75, 3.05) is 19.6 Å². The lowest BCUT2D eigenvalue weighted by molar-refractivity contribution is 0.270. The van der Waals surface area contributed by atoms with E-state index in [0.29, 0.717) is 12.6 Å². The first-order chi connectivity index (χ1) is 8.56. The lowest BCUT2D eigenvalue weighted by Gasteiger charge is -2.23. The summed E-state index contributed by atoms with van der Waals surface area (Å²) in [7, 11) is 0. The van der Waals surface area contributed by atoms with Crippen molar-refractivity contribution < 1.29 is 4.39 Å².